The predicted molar refractivity (Wildman–Crippen MR) is 57.3 cm³/mol. The van der Waals surface area contributed by atoms with Gasteiger partial charge in [0.05, 0.1) is 0 Å². The van der Waals surface area contributed by atoms with E-state index >= 15 is 0 Å². The van der Waals surface area contributed by atoms with Crippen LogP contribution in [0, 0.1) is 12.0 Å². The number of allylic oxidation sites excluding steroid dienone is 3. The Morgan fingerprint density at radius 1 is 1.24 bits per heavy atom. The van der Waals surface area contributed by atoms with Crippen LogP contribution < -0.4 is 37.2 Å². The molecule has 0 unspecified atom stereocenters. The zero-order valence-electron chi connectivity index (χ0n) is 10.8. The predicted octanol–water partition coefficient (Wildman–Crippen LogP) is -5.66. The van der Waals surface area contributed by atoms with E-state index in [1.807, 2.05) is 0 Å². The third-order valence-electron chi connectivity index (χ3n) is 1.34. The van der Waals surface area contributed by atoms with Gasteiger partial charge in [-0.15, -0.1) is 6.42 Å². The van der Waals surface area contributed by atoms with Gasteiger partial charge in [0.1, 0.15) is 0 Å². The number of rotatable bonds is 3. The molecule has 0 aromatic rings. The molecule has 0 saturated heterocycles. The second-order valence-electron chi connectivity index (χ2n) is 3.55. The standard InChI is InChI=1S/C8H11O.C4H9.3ClH.Ti/c1-9-7-6-8-4-2-3-5-8;1-4(2)3;;;;/h2,4H,3,6-7H2,1H3;1-3H3;3*1H;/q2*-1;;;;+2/p-3. The van der Waals surface area contributed by atoms with Gasteiger partial charge in [0.15, 0.2) is 0 Å². The summed E-state index contributed by atoms with van der Waals surface area (Å²) < 4.78 is 4.91. The normalized spacial score (nSPS) is 10.8. The van der Waals surface area contributed by atoms with Crippen LogP contribution in [0.4, 0.5) is 0 Å². The summed E-state index contributed by atoms with van der Waals surface area (Å²) in [6.07, 6.45) is 9.44. The van der Waals surface area contributed by atoms with Gasteiger partial charge in [0, 0.05) is 13.7 Å². The summed E-state index contributed by atoms with van der Waals surface area (Å²) in [4.78, 5) is 0. The fourth-order valence-corrected chi connectivity index (χ4v) is 0.834. The van der Waals surface area contributed by atoms with Gasteiger partial charge in [0.2, 0.25) is 0 Å². The van der Waals surface area contributed by atoms with E-state index in [4.69, 9.17) is 4.74 Å². The van der Waals surface area contributed by atoms with Crippen molar-refractivity contribution < 1.29 is 63.7 Å². The molecule has 0 spiro atoms. The van der Waals surface area contributed by atoms with E-state index in [0.29, 0.717) is 0 Å². The van der Waals surface area contributed by atoms with E-state index in [9.17, 15) is 0 Å². The van der Waals surface area contributed by atoms with Crippen LogP contribution in [0.3, 0.4) is 0 Å². The summed E-state index contributed by atoms with van der Waals surface area (Å²) >= 11 is 0. The Morgan fingerprint density at radius 3 is 2.00 bits per heavy atom. The monoisotopic (exact) mass is 333 g/mol. The van der Waals surface area contributed by atoms with Gasteiger partial charge in [-0.1, -0.05) is 0 Å². The summed E-state index contributed by atoms with van der Waals surface area (Å²) in [5.41, 5.74) is 1.29. The smallest absolute Gasteiger partial charge is 1.00 e. The minimum Gasteiger partial charge on any atom is -1.00 e. The molecule has 0 atom stereocenters. The van der Waals surface area contributed by atoms with Crippen LogP contribution in [-0.4, -0.2) is 13.7 Å². The first-order chi connectivity index (χ1) is 6.16. The minimum absolute atomic E-state index is 0. The summed E-state index contributed by atoms with van der Waals surface area (Å²) in [5.74, 6) is 1.42. The molecular formula is C12H20Cl3OTi-3. The van der Waals surface area contributed by atoms with Gasteiger partial charge in [-0.2, -0.15) is 26.8 Å². The molecule has 5 heteroatoms. The maximum absolute atomic E-state index is 4.91. The van der Waals surface area contributed by atoms with E-state index in [1.165, 1.54) is 11.5 Å². The van der Waals surface area contributed by atoms with Crippen LogP contribution in [0.2, 0.25) is 0 Å². The van der Waals surface area contributed by atoms with Crippen LogP contribution >= 0.6 is 0 Å². The summed E-state index contributed by atoms with van der Waals surface area (Å²) in [5, 5.41) is 0. The SMILES string of the molecule is COCCC1=[C-]CC=C1.C[C-](C)C.[Cl-].[Cl-].[Cl-].[Ti+2]. The zero-order chi connectivity index (χ0) is 10.1. The second-order valence-corrected chi connectivity index (χ2v) is 3.55. The molecule has 0 bridgehead atoms. The van der Waals surface area contributed by atoms with Crippen molar-refractivity contribution in [2.45, 2.75) is 33.6 Å². The van der Waals surface area contributed by atoms with Crippen molar-refractivity contribution in [2.24, 2.45) is 0 Å². The number of halogens is 3. The number of hydrogen-bond acceptors (Lipinski definition) is 1. The number of ether oxygens (including phenoxy) is 1. The molecule has 102 valence electrons. The zero-order valence-corrected chi connectivity index (χ0v) is 14.6. The molecule has 0 aliphatic heterocycles. The average Bonchev–Trinajstić information content (AvgIpc) is 2.51. The van der Waals surface area contributed by atoms with E-state index in [-0.39, 0.29) is 58.9 Å². The molecule has 0 aromatic heterocycles. The van der Waals surface area contributed by atoms with Crippen molar-refractivity contribution in [3.05, 3.63) is 29.7 Å². The molecule has 1 aliphatic rings. The number of hydrogen-bond donors (Lipinski definition) is 0. The molecule has 0 fully saturated rings. The molecule has 0 N–H and O–H groups in total. The van der Waals surface area contributed by atoms with Crippen molar-refractivity contribution in [3.63, 3.8) is 0 Å². The quantitative estimate of drug-likeness (QED) is 0.369. The van der Waals surface area contributed by atoms with Crippen LogP contribution in [-0.2, 0) is 26.5 Å². The summed E-state index contributed by atoms with van der Waals surface area (Å²) in [6, 6.07) is 0. The fourth-order valence-electron chi connectivity index (χ4n) is 0.834. The molecule has 1 nitrogen and oxygen atoms in total. The van der Waals surface area contributed by atoms with E-state index in [0.717, 1.165) is 19.4 Å². The first kappa shape index (κ1) is 30.8. The van der Waals surface area contributed by atoms with Crippen molar-refractivity contribution >= 4 is 0 Å². The van der Waals surface area contributed by atoms with E-state index in [2.05, 4.69) is 39.0 Å². The molecule has 1 aliphatic carbocycles. The molecule has 0 saturated carbocycles. The van der Waals surface area contributed by atoms with Gasteiger partial charge >= 0.3 is 21.7 Å². The molecular weight excluding hydrogens is 314 g/mol. The first-order valence-electron chi connectivity index (χ1n) is 4.68. The minimum atomic E-state index is 0. The fraction of sp³-hybridized carbons (Fsp3) is 0.583. The van der Waals surface area contributed by atoms with Gasteiger partial charge < -0.3 is 47.9 Å². The van der Waals surface area contributed by atoms with Crippen LogP contribution in [0.1, 0.15) is 33.6 Å². The van der Waals surface area contributed by atoms with Crippen molar-refractivity contribution in [2.75, 3.05) is 13.7 Å². The Bertz CT molecular complexity index is 180. The van der Waals surface area contributed by atoms with Crippen LogP contribution in [0.15, 0.2) is 17.7 Å². The second kappa shape index (κ2) is 22.2. The van der Waals surface area contributed by atoms with Crippen molar-refractivity contribution in [1.29, 1.82) is 0 Å². The first-order valence-corrected chi connectivity index (χ1v) is 4.68. The third kappa shape index (κ3) is 26.6. The molecule has 0 aromatic carbocycles. The Morgan fingerprint density at radius 2 is 1.71 bits per heavy atom. The molecule has 0 amide bonds. The third-order valence-corrected chi connectivity index (χ3v) is 1.34. The molecule has 0 heterocycles. The van der Waals surface area contributed by atoms with Crippen molar-refractivity contribution in [3.8, 4) is 0 Å². The van der Waals surface area contributed by atoms with Crippen molar-refractivity contribution in [1.82, 2.24) is 0 Å². The molecule has 0 radical (unpaired) electrons. The molecule has 17 heavy (non-hydrogen) atoms. The van der Waals surface area contributed by atoms with E-state index in [1.54, 1.807) is 7.11 Å². The van der Waals surface area contributed by atoms with Gasteiger partial charge in [-0.05, 0) is 6.42 Å². The van der Waals surface area contributed by atoms with Gasteiger partial charge in [0.25, 0.3) is 0 Å². The topological polar surface area (TPSA) is 9.23 Å². The van der Waals surface area contributed by atoms with Crippen LogP contribution in [0.25, 0.3) is 0 Å². The van der Waals surface area contributed by atoms with Crippen LogP contribution in [0.5, 0.6) is 0 Å². The van der Waals surface area contributed by atoms with E-state index < -0.39 is 0 Å². The Labute approximate surface area is 140 Å². The maximum atomic E-state index is 4.91. The Balaban J connectivity index is -0.0000000542. The largest absolute Gasteiger partial charge is 2.00 e. The number of methoxy groups -OCH3 is 1. The van der Waals surface area contributed by atoms with Gasteiger partial charge in [-0.3, -0.25) is 6.08 Å². The Kier molecular flexibility index (Phi) is 40.3. The maximum Gasteiger partial charge on any atom is 2.00 e. The summed E-state index contributed by atoms with van der Waals surface area (Å²) in [6.45, 7) is 7.06. The average molecular weight is 335 g/mol. The Hall–Kier alpha value is 1.02. The van der Waals surface area contributed by atoms with Gasteiger partial charge in [-0.25, -0.2) is 11.6 Å². The molecule has 1 rings (SSSR count). The summed E-state index contributed by atoms with van der Waals surface area (Å²) in [7, 11) is 1.72.